The molecule has 0 radical (unpaired) electrons. The normalized spacial score (nSPS) is 11.6. The zero-order valence-corrected chi connectivity index (χ0v) is 15.6. The van der Waals surface area contributed by atoms with Crippen LogP contribution >= 0.6 is 11.8 Å². The van der Waals surface area contributed by atoms with Crippen LogP contribution in [0.2, 0.25) is 0 Å². The van der Waals surface area contributed by atoms with Crippen molar-refractivity contribution in [1.82, 2.24) is 14.5 Å². The fourth-order valence-corrected chi connectivity index (χ4v) is 3.85. The first kappa shape index (κ1) is 19.0. The Morgan fingerprint density at radius 1 is 1.26 bits per heavy atom. The number of imidazole rings is 1. The van der Waals surface area contributed by atoms with Crippen LogP contribution in [-0.4, -0.2) is 26.0 Å². The van der Waals surface area contributed by atoms with Gasteiger partial charge >= 0.3 is 0 Å². The van der Waals surface area contributed by atoms with Crippen LogP contribution in [-0.2, 0) is 6.54 Å². The van der Waals surface area contributed by atoms with Crippen molar-refractivity contribution in [3.05, 3.63) is 71.4 Å². The van der Waals surface area contributed by atoms with Crippen molar-refractivity contribution in [2.24, 2.45) is 5.16 Å². The molecule has 0 saturated carbocycles. The lowest BCUT2D eigenvalue weighted by molar-refractivity contribution is 0.321. The zero-order valence-electron chi connectivity index (χ0n) is 14.8. The van der Waals surface area contributed by atoms with Gasteiger partial charge in [-0.05, 0) is 29.7 Å². The molecule has 0 saturated heterocycles. The Balaban J connectivity index is 2.10. The molecule has 27 heavy (non-hydrogen) atoms. The van der Waals surface area contributed by atoms with E-state index in [4.69, 9.17) is 5.21 Å². The molecule has 0 aliphatic carbocycles. The van der Waals surface area contributed by atoms with Crippen LogP contribution in [0.4, 0.5) is 8.78 Å². The van der Waals surface area contributed by atoms with E-state index in [2.05, 4.69) is 15.1 Å². The number of rotatable bonds is 6. The van der Waals surface area contributed by atoms with Gasteiger partial charge in [-0.1, -0.05) is 36.8 Å². The van der Waals surface area contributed by atoms with Crippen molar-refractivity contribution in [1.29, 1.82) is 0 Å². The summed E-state index contributed by atoms with van der Waals surface area (Å²) in [6.45, 7) is 4.38. The minimum absolute atomic E-state index is 0.0619. The molecule has 0 fully saturated rings. The molecule has 3 rings (SSSR count). The van der Waals surface area contributed by atoms with Crippen molar-refractivity contribution >= 4 is 18.0 Å². The van der Waals surface area contributed by atoms with Crippen LogP contribution in [0.1, 0.15) is 36.8 Å². The molecule has 0 aliphatic heterocycles. The van der Waals surface area contributed by atoms with Crippen LogP contribution < -0.4 is 0 Å². The number of aromatic nitrogens is 3. The Labute approximate surface area is 159 Å². The minimum atomic E-state index is -0.640. The third-order valence-electron chi connectivity index (χ3n) is 3.81. The Morgan fingerprint density at radius 3 is 2.59 bits per heavy atom. The van der Waals surface area contributed by atoms with E-state index >= 15 is 0 Å². The van der Waals surface area contributed by atoms with E-state index < -0.39 is 11.6 Å². The standard InChI is InChI=1S/C19H18F2N4OS/c1-12(2)18-19(27-16-7-14(20)6-15(21)8-16)25(17(24-18)10-23-26)11-13-4-3-5-22-9-13/h3-10,12,26H,11H2,1-2H3. The first-order chi connectivity index (χ1) is 13.0. The highest BCUT2D eigenvalue weighted by Gasteiger charge is 2.20. The van der Waals surface area contributed by atoms with E-state index in [0.717, 1.165) is 22.3 Å². The molecule has 2 heterocycles. The number of nitrogens with zero attached hydrogens (tertiary/aromatic N) is 4. The third kappa shape index (κ3) is 4.51. The van der Waals surface area contributed by atoms with Gasteiger partial charge in [0.15, 0.2) is 5.82 Å². The van der Waals surface area contributed by atoms with E-state index in [9.17, 15) is 8.78 Å². The van der Waals surface area contributed by atoms with Gasteiger partial charge in [0, 0.05) is 23.4 Å². The van der Waals surface area contributed by atoms with Crippen LogP contribution in [0.3, 0.4) is 0 Å². The maximum atomic E-state index is 13.6. The zero-order chi connectivity index (χ0) is 19.4. The van der Waals surface area contributed by atoms with Crippen molar-refractivity contribution < 1.29 is 14.0 Å². The molecule has 0 atom stereocenters. The molecule has 0 spiro atoms. The average molecular weight is 388 g/mol. The summed E-state index contributed by atoms with van der Waals surface area (Å²) in [6, 6.07) is 7.13. The molecule has 140 valence electrons. The van der Waals surface area contributed by atoms with E-state index in [0.29, 0.717) is 17.3 Å². The summed E-state index contributed by atoms with van der Waals surface area (Å²) in [5.74, 6) is -0.769. The van der Waals surface area contributed by atoms with Crippen LogP contribution in [0.15, 0.2) is 57.8 Å². The number of oxime groups is 1. The fourth-order valence-electron chi connectivity index (χ4n) is 2.63. The molecule has 3 aromatic rings. The molecule has 0 amide bonds. The van der Waals surface area contributed by atoms with E-state index in [1.807, 2.05) is 30.5 Å². The largest absolute Gasteiger partial charge is 0.411 e. The lowest BCUT2D eigenvalue weighted by Gasteiger charge is -2.12. The highest BCUT2D eigenvalue weighted by Crippen LogP contribution is 2.35. The molecular weight excluding hydrogens is 370 g/mol. The van der Waals surface area contributed by atoms with Gasteiger partial charge in [-0.15, -0.1) is 0 Å². The van der Waals surface area contributed by atoms with Gasteiger partial charge in [0.2, 0.25) is 0 Å². The summed E-state index contributed by atoms with van der Waals surface area (Å²) >= 11 is 1.22. The summed E-state index contributed by atoms with van der Waals surface area (Å²) in [6.07, 6.45) is 4.65. The highest BCUT2D eigenvalue weighted by molar-refractivity contribution is 7.99. The highest BCUT2D eigenvalue weighted by atomic mass is 32.2. The molecule has 0 unspecified atom stereocenters. The molecule has 0 bridgehead atoms. The van der Waals surface area contributed by atoms with Gasteiger partial charge in [-0.3, -0.25) is 4.98 Å². The first-order valence-corrected chi connectivity index (χ1v) is 9.10. The summed E-state index contributed by atoms with van der Waals surface area (Å²) in [4.78, 5) is 9.10. The Morgan fingerprint density at radius 2 is 2.00 bits per heavy atom. The van der Waals surface area contributed by atoms with E-state index in [1.165, 1.54) is 30.1 Å². The van der Waals surface area contributed by atoms with Gasteiger partial charge in [-0.25, -0.2) is 13.8 Å². The van der Waals surface area contributed by atoms with E-state index in [-0.39, 0.29) is 5.92 Å². The lowest BCUT2D eigenvalue weighted by atomic mass is 10.1. The number of hydrogen-bond donors (Lipinski definition) is 1. The van der Waals surface area contributed by atoms with Gasteiger partial charge in [0.05, 0.1) is 12.2 Å². The summed E-state index contributed by atoms with van der Waals surface area (Å²) in [7, 11) is 0. The monoisotopic (exact) mass is 388 g/mol. The van der Waals surface area contributed by atoms with Gasteiger partial charge < -0.3 is 9.77 Å². The summed E-state index contributed by atoms with van der Waals surface area (Å²) < 4.78 is 29.1. The minimum Gasteiger partial charge on any atom is -0.411 e. The quantitative estimate of drug-likeness (QED) is 0.378. The fraction of sp³-hybridized carbons (Fsp3) is 0.211. The molecule has 8 heteroatoms. The van der Waals surface area contributed by atoms with Gasteiger partial charge in [0.25, 0.3) is 0 Å². The second kappa shape index (κ2) is 8.30. The number of halogens is 2. The summed E-state index contributed by atoms with van der Waals surface area (Å²) in [5, 5.41) is 12.8. The Kier molecular flexibility index (Phi) is 5.85. The molecule has 1 aromatic carbocycles. The average Bonchev–Trinajstić information content (AvgIpc) is 2.93. The third-order valence-corrected chi connectivity index (χ3v) is 4.90. The smallest absolute Gasteiger partial charge is 0.156 e. The molecule has 5 nitrogen and oxygen atoms in total. The summed E-state index contributed by atoms with van der Waals surface area (Å²) in [5.41, 5.74) is 1.67. The maximum absolute atomic E-state index is 13.6. The molecule has 2 aromatic heterocycles. The van der Waals surface area contributed by atoms with Gasteiger partial charge in [-0.2, -0.15) is 0 Å². The Hall–Kier alpha value is -2.74. The van der Waals surface area contributed by atoms with Crippen LogP contribution in [0, 0.1) is 11.6 Å². The van der Waals surface area contributed by atoms with Crippen LogP contribution in [0.5, 0.6) is 0 Å². The maximum Gasteiger partial charge on any atom is 0.156 e. The van der Waals surface area contributed by atoms with Gasteiger partial charge in [0.1, 0.15) is 22.9 Å². The van der Waals surface area contributed by atoms with Crippen molar-refractivity contribution in [2.45, 2.75) is 36.2 Å². The van der Waals surface area contributed by atoms with E-state index in [1.54, 1.807) is 12.4 Å². The predicted octanol–water partition coefficient (Wildman–Crippen LogP) is 4.69. The second-order valence-electron chi connectivity index (χ2n) is 6.21. The molecular formula is C19H18F2N4OS. The Bertz CT molecular complexity index is 938. The number of benzene rings is 1. The van der Waals surface area contributed by atoms with Crippen molar-refractivity contribution in [3.8, 4) is 0 Å². The molecule has 1 N–H and O–H groups in total. The lowest BCUT2D eigenvalue weighted by Crippen LogP contribution is -2.06. The van der Waals surface area contributed by atoms with Crippen molar-refractivity contribution in [3.63, 3.8) is 0 Å². The van der Waals surface area contributed by atoms with Crippen LogP contribution in [0.25, 0.3) is 0 Å². The number of hydrogen-bond acceptors (Lipinski definition) is 5. The van der Waals surface area contributed by atoms with Crippen molar-refractivity contribution in [2.75, 3.05) is 0 Å². The second-order valence-corrected chi connectivity index (χ2v) is 7.28. The topological polar surface area (TPSA) is 63.3 Å². The predicted molar refractivity (Wildman–Crippen MR) is 99.5 cm³/mol. The molecule has 0 aliphatic rings. The SMILES string of the molecule is CC(C)c1nc(C=NO)n(Cc2cccnc2)c1Sc1cc(F)cc(F)c1. The number of pyridine rings is 1. The first-order valence-electron chi connectivity index (χ1n) is 8.28.